The fraction of sp³-hybridized carbons (Fsp3) is 0.714. The Labute approximate surface area is 118 Å². The van der Waals surface area contributed by atoms with Gasteiger partial charge in [0.2, 0.25) is 0 Å². The molecule has 1 aliphatic carbocycles. The second kappa shape index (κ2) is 4.87. The molecule has 1 aliphatic heterocycles. The molecule has 0 saturated carbocycles. The Hall–Kier alpha value is -0.940. The number of anilines is 1. The lowest BCUT2D eigenvalue weighted by Crippen LogP contribution is -2.34. The number of Topliss-reactive ketones (excluding diaryl/α,β-unsaturated/α-hetero) is 1. The van der Waals surface area contributed by atoms with Crippen molar-refractivity contribution in [3.05, 3.63) is 10.6 Å². The van der Waals surface area contributed by atoms with E-state index in [1.54, 1.807) is 11.3 Å². The SMILES string of the molecule is CC1CN(c2nc3c(s2)CCCC3=O)CC1N(C)C. The van der Waals surface area contributed by atoms with Crippen LogP contribution in [-0.4, -0.2) is 48.9 Å². The summed E-state index contributed by atoms with van der Waals surface area (Å²) in [5.74, 6) is 0.881. The number of carbonyl (C=O) groups excluding carboxylic acids is 1. The quantitative estimate of drug-likeness (QED) is 0.830. The van der Waals surface area contributed by atoms with Gasteiger partial charge < -0.3 is 9.80 Å². The van der Waals surface area contributed by atoms with Gasteiger partial charge in [-0.1, -0.05) is 6.92 Å². The van der Waals surface area contributed by atoms with Gasteiger partial charge in [-0.3, -0.25) is 4.79 Å². The molecule has 4 nitrogen and oxygen atoms in total. The molecule has 2 unspecified atom stereocenters. The summed E-state index contributed by atoms with van der Waals surface area (Å²) in [7, 11) is 4.28. The van der Waals surface area contributed by atoms with E-state index in [-0.39, 0.29) is 5.78 Å². The molecule has 5 heteroatoms. The van der Waals surface area contributed by atoms with Crippen molar-refractivity contribution < 1.29 is 4.79 Å². The molecule has 2 heterocycles. The van der Waals surface area contributed by atoms with Gasteiger partial charge in [-0.15, -0.1) is 11.3 Å². The zero-order chi connectivity index (χ0) is 13.6. The number of aryl methyl sites for hydroxylation is 1. The molecule has 0 N–H and O–H groups in total. The number of rotatable bonds is 2. The maximum Gasteiger partial charge on any atom is 0.186 e. The minimum atomic E-state index is 0.236. The standard InChI is InChI=1S/C14H21N3OS/c1-9-7-17(8-10(9)16(2)3)14-15-13-11(18)5-4-6-12(13)19-14/h9-10H,4-8H2,1-3H3. The van der Waals surface area contributed by atoms with Crippen molar-refractivity contribution in [3.8, 4) is 0 Å². The van der Waals surface area contributed by atoms with Crippen LogP contribution in [0.3, 0.4) is 0 Å². The Bertz CT molecular complexity index is 497. The van der Waals surface area contributed by atoms with Crippen LogP contribution in [0.25, 0.3) is 0 Å². The van der Waals surface area contributed by atoms with E-state index in [0.717, 1.165) is 36.8 Å². The molecular weight excluding hydrogens is 258 g/mol. The molecule has 0 aromatic carbocycles. The van der Waals surface area contributed by atoms with Crippen molar-refractivity contribution in [3.63, 3.8) is 0 Å². The van der Waals surface area contributed by atoms with E-state index in [2.05, 4.69) is 35.8 Å². The number of ketones is 1. The molecule has 0 amide bonds. The van der Waals surface area contributed by atoms with Crippen molar-refractivity contribution in [2.75, 3.05) is 32.1 Å². The third-order valence-corrected chi connectivity index (χ3v) is 5.44. The first-order chi connectivity index (χ1) is 9.06. The summed E-state index contributed by atoms with van der Waals surface area (Å²) >= 11 is 1.73. The molecule has 2 aliphatic rings. The number of thiazole rings is 1. The normalized spacial score (nSPS) is 27.2. The van der Waals surface area contributed by atoms with Gasteiger partial charge in [-0.05, 0) is 32.9 Å². The highest BCUT2D eigenvalue weighted by atomic mass is 32.1. The molecule has 3 rings (SSSR count). The van der Waals surface area contributed by atoms with Crippen molar-refractivity contribution in [1.82, 2.24) is 9.88 Å². The fourth-order valence-electron chi connectivity index (χ4n) is 3.17. The summed E-state index contributed by atoms with van der Waals surface area (Å²) in [6.45, 7) is 4.36. The van der Waals surface area contributed by atoms with Gasteiger partial charge in [-0.25, -0.2) is 4.98 Å². The topological polar surface area (TPSA) is 36.4 Å². The van der Waals surface area contributed by atoms with Crippen LogP contribution in [0.5, 0.6) is 0 Å². The highest BCUT2D eigenvalue weighted by molar-refractivity contribution is 7.16. The Balaban J connectivity index is 1.82. The molecular formula is C14H21N3OS. The van der Waals surface area contributed by atoms with E-state index >= 15 is 0 Å². The van der Waals surface area contributed by atoms with Gasteiger partial charge in [0.05, 0.1) is 0 Å². The number of aromatic nitrogens is 1. The summed E-state index contributed by atoms with van der Waals surface area (Å²) < 4.78 is 0. The zero-order valence-corrected chi connectivity index (χ0v) is 12.7. The van der Waals surface area contributed by atoms with Crippen LogP contribution in [0, 0.1) is 5.92 Å². The van der Waals surface area contributed by atoms with E-state index in [4.69, 9.17) is 0 Å². The summed E-state index contributed by atoms with van der Waals surface area (Å²) in [6, 6.07) is 0.580. The lowest BCUT2D eigenvalue weighted by molar-refractivity contribution is 0.0968. The van der Waals surface area contributed by atoms with Crippen LogP contribution in [0.2, 0.25) is 0 Å². The molecule has 2 atom stereocenters. The number of hydrogen-bond donors (Lipinski definition) is 0. The van der Waals surface area contributed by atoms with Gasteiger partial charge in [0.1, 0.15) is 5.69 Å². The number of likely N-dealkylation sites (N-methyl/N-ethyl adjacent to an activating group) is 1. The van der Waals surface area contributed by atoms with Gasteiger partial charge >= 0.3 is 0 Å². The van der Waals surface area contributed by atoms with Crippen LogP contribution in [0.1, 0.15) is 35.1 Å². The lowest BCUT2D eigenvalue weighted by atomic mass is 10.0. The highest BCUT2D eigenvalue weighted by Gasteiger charge is 2.33. The van der Waals surface area contributed by atoms with Gasteiger partial charge in [0.15, 0.2) is 10.9 Å². The number of carbonyl (C=O) groups is 1. The average molecular weight is 279 g/mol. The molecule has 1 fully saturated rings. The van der Waals surface area contributed by atoms with E-state index in [9.17, 15) is 4.79 Å². The number of nitrogens with zero attached hydrogens (tertiary/aromatic N) is 3. The summed E-state index contributed by atoms with van der Waals surface area (Å²) in [6.07, 6.45) is 2.69. The van der Waals surface area contributed by atoms with E-state index in [1.807, 2.05) is 0 Å². The van der Waals surface area contributed by atoms with Crippen LogP contribution >= 0.6 is 11.3 Å². The lowest BCUT2D eigenvalue weighted by Gasteiger charge is -2.22. The maximum absolute atomic E-state index is 11.9. The Morgan fingerprint density at radius 2 is 2.11 bits per heavy atom. The van der Waals surface area contributed by atoms with Gasteiger partial charge in [-0.2, -0.15) is 0 Å². The summed E-state index contributed by atoms with van der Waals surface area (Å²) in [5.41, 5.74) is 0.757. The van der Waals surface area contributed by atoms with E-state index in [0.29, 0.717) is 18.4 Å². The van der Waals surface area contributed by atoms with Crippen molar-refractivity contribution in [1.29, 1.82) is 0 Å². The predicted octanol–water partition coefficient (Wildman–Crippen LogP) is 2.05. The van der Waals surface area contributed by atoms with E-state index in [1.165, 1.54) is 4.88 Å². The third kappa shape index (κ3) is 2.30. The zero-order valence-electron chi connectivity index (χ0n) is 11.8. The minimum Gasteiger partial charge on any atom is -0.346 e. The smallest absolute Gasteiger partial charge is 0.186 e. The molecule has 1 aromatic rings. The molecule has 0 radical (unpaired) electrons. The monoisotopic (exact) mass is 279 g/mol. The van der Waals surface area contributed by atoms with Crippen LogP contribution in [-0.2, 0) is 6.42 Å². The Morgan fingerprint density at radius 1 is 1.32 bits per heavy atom. The van der Waals surface area contributed by atoms with Crippen LogP contribution in [0.4, 0.5) is 5.13 Å². The first kappa shape index (κ1) is 13.1. The predicted molar refractivity (Wildman–Crippen MR) is 78.2 cm³/mol. The molecule has 0 spiro atoms. The van der Waals surface area contributed by atoms with Crippen LogP contribution < -0.4 is 4.90 Å². The fourth-order valence-corrected chi connectivity index (χ4v) is 4.31. The molecule has 19 heavy (non-hydrogen) atoms. The Kier molecular flexibility index (Phi) is 3.35. The average Bonchev–Trinajstić information content (AvgIpc) is 2.93. The molecule has 0 bridgehead atoms. The Morgan fingerprint density at radius 3 is 2.74 bits per heavy atom. The molecule has 1 aromatic heterocycles. The summed E-state index contributed by atoms with van der Waals surface area (Å²) in [5, 5.41) is 1.05. The maximum atomic E-state index is 11.9. The first-order valence-corrected chi connectivity index (χ1v) is 7.82. The summed E-state index contributed by atoms with van der Waals surface area (Å²) in [4.78, 5) is 22.3. The first-order valence-electron chi connectivity index (χ1n) is 7.00. The van der Waals surface area contributed by atoms with Gasteiger partial charge in [0, 0.05) is 30.4 Å². The molecule has 104 valence electrons. The van der Waals surface area contributed by atoms with Crippen LogP contribution in [0.15, 0.2) is 0 Å². The van der Waals surface area contributed by atoms with E-state index < -0.39 is 0 Å². The second-order valence-corrected chi connectivity index (χ2v) is 7.02. The highest BCUT2D eigenvalue weighted by Crippen LogP contribution is 2.34. The minimum absolute atomic E-state index is 0.236. The third-order valence-electron chi connectivity index (χ3n) is 4.26. The largest absolute Gasteiger partial charge is 0.346 e. The number of hydrogen-bond acceptors (Lipinski definition) is 5. The molecule has 1 saturated heterocycles. The van der Waals surface area contributed by atoms with Gasteiger partial charge in [0.25, 0.3) is 0 Å². The second-order valence-electron chi connectivity index (χ2n) is 5.96. The number of fused-ring (bicyclic) bond motifs is 1. The van der Waals surface area contributed by atoms with Crippen molar-refractivity contribution in [2.24, 2.45) is 5.92 Å². The van der Waals surface area contributed by atoms with Crippen molar-refractivity contribution in [2.45, 2.75) is 32.2 Å². The van der Waals surface area contributed by atoms with Crippen molar-refractivity contribution >= 4 is 22.3 Å².